The van der Waals surface area contributed by atoms with Crippen LogP contribution in [0.4, 0.5) is 5.13 Å². The molecule has 0 atom stereocenters. The summed E-state index contributed by atoms with van der Waals surface area (Å²) in [7, 11) is 1.77. The maximum Gasteiger partial charge on any atom is 0.273 e. The molecule has 0 saturated carbocycles. The van der Waals surface area contributed by atoms with Crippen molar-refractivity contribution in [2.24, 2.45) is 0 Å². The van der Waals surface area contributed by atoms with Gasteiger partial charge in [0.25, 0.3) is 5.91 Å². The minimum Gasteiger partial charge on any atom is -0.467 e. The van der Waals surface area contributed by atoms with Crippen LogP contribution in [0.5, 0.6) is 0 Å². The van der Waals surface area contributed by atoms with Crippen LogP contribution in [0.2, 0.25) is 0 Å². The number of furan rings is 1. The van der Waals surface area contributed by atoms with Crippen LogP contribution in [0.15, 0.2) is 58.5 Å². The van der Waals surface area contributed by atoms with Gasteiger partial charge in [-0.2, -0.15) is 0 Å². The Labute approximate surface area is 191 Å². The highest BCUT2D eigenvalue weighted by atomic mass is 32.1. The van der Waals surface area contributed by atoms with E-state index < -0.39 is 0 Å². The molecule has 0 unspecified atom stereocenters. The van der Waals surface area contributed by atoms with E-state index >= 15 is 0 Å². The zero-order valence-corrected chi connectivity index (χ0v) is 18.9. The van der Waals surface area contributed by atoms with Crippen LogP contribution in [-0.4, -0.2) is 71.3 Å². The molecule has 1 N–H and O–H groups in total. The van der Waals surface area contributed by atoms with Gasteiger partial charge in [-0.1, -0.05) is 30.3 Å². The van der Waals surface area contributed by atoms with E-state index in [4.69, 9.17) is 4.42 Å². The van der Waals surface area contributed by atoms with Crippen LogP contribution in [0.25, 0.3) is 0 Å². The number of hydrogen-bond donors (Lipinski definition) is 1. The zero-order chi connectivity index (χ0) is 22.3. The summed E-state index contributed by atoms with van der Waals surface area (Å²) in [6.07, 6.45) is 1.61. The number of likely N-dealkylation sites (N-methyl/N-ethyl adjacent to an activating group) is 1. The number of piperazine rings is 1. The van der Waals surface area contributed by atoms with E-state index in [-0.39, 0.29) is 11.8 Å². The Balaban J connectivity index is 1.22. The summed E-state index contributed by atoms with van der Waals surface area (Å²) in [6, 6.07) is 13.7. The number of nitrogens with zero attached hydrogens (tertiary/aromatic N) is 4. The number of nitrogens with one attached hydrogen (secondary N) is 1. The molecular formula is C23H27N5O3S. The Morgan fingerprint density at radius 3 is 2.62 bits per heavy atom. The first-order valence-corrected chi connectivity index (χ1v) is 11.5. The lowest BCUT2D eigenvalue weighted by atomic mass is 10.2. The van der Waals surface area contributed by atoms with Gasteiger partial charge in [0.2, 0.25) is 5.91 Å². The van der Waals surface area contributed by atoms with E-state index in [1.54, 1.807) is 23.6 Å². The van der Waals surface area contributed by atoms with Crippen molar-refractivity contribution in [3.8, 4) is 0 Å². The fourth-order valence-electron chi connectivity index (χ4n) is 3.53. The van der Waals surface area contributed by atoms with E-state index in [2.05, 4.69) is 15.2 Å². The molecule has 168 valence electrons. The second-order valence-electron chi connectivity index (χ2n) is 7.77. The molecule has 0 spiro atoms. The first-order chi connectivity index (χ1) is 15.6. The lowest BCUT2D eigenvalue weighted by Gasteiger charge is -2.34. The number of rotatable bonds is 8. The lowest BCUT2D eigenvalue weighted by Crippen LogP contribution is -2.51. The molecule has 1 aliphatic heterocycles. The Bertz CT molecular complexity index is 1010. The number of carbonyl (C=O) groups is 2. The zero-order valence-electron chi connectivity index (χ0n) is 18.1. The summed E-state index contributed by atoms with van der Waals surface area (Å²) < 4.78 is 5.30. The summed E-state index contributed by atoms with van der Waals surface area (Å²) in [5.41, 5.74) is 1.63. The van der Waals surface area contributed by atoms with Crippen molar-refractivity contribution >= 4 is 28.3 Å². The average molecular weight is 454 g/mol. The van der Waals surface area contributed by atoms with Crippen LogP contribution < -0.4 is 5.32 Å². The maximum atomic E-state index is 12.8. The molecule has 9 heteroatoms. The van der Waals surface area contributed by atoms with Crippen molar-refractivity contribution in [1.82, 2.24) is 19.7 Å². The molecule has 3 aromatic rings. The number of anilines is 1. The summed E-state index contributed by atoms with van der Waals surface area (Å²) >= 11 is 1.44. The van der Waals surface area contributed by atoms with E-state index in [1.165, 1.54) is 11.3 Å². The second kappa shape index (κ2) is 10.4. The minimum atomic E-state index is -0.0603. The van der Waals surface area contributed by atoms with Crippen LogP contribution in [0.1, 0.15) is 21.8 Å². The number of carbonyl (C=O) groups excluding carboxylic acids is 2. The van der Waals surface area contributed by atoms with E-state index in [0.717, 1.165) is 16.5 Å². The van der Waals surface area contributed by atoms with Gasteiger partial charge in [-0.3, -0.25) is 14.5 Å². The Hall–Kier alpha value is -3.17. The maximum absolute atomic E-state index is 12.8. The third kappa shape index (κ3) is 5.74. The topological polar surface area (TPSA) is 81.9 Å². The van der Waals surface area contributed by atoms with Crippen LogP contribution in [0, 0.1) is 0 Å². The van der Waals surface area contributed by atoms with Gasteiger partial charge in [0.15, 0.2) is 5.13 Å². The molecule has 1 fully saturated rings. The molecule has 3 heterocycles. The number of aromatic nitrogens is 1. The van der Waals surface area contributed by atoms with Crippen molar-refractivity contribution in [2.75, 3.05) is 45.1 Å². The SMILES string of the molecule is CN(Cc1ccco1)C(=O)CN1CCN(C(=O)c2csc(NCc3ccccc3)n2)CC1. The number of amides is 2. The molecule has 0 aliphatic carbocycles. The number of benzene rings is 1. The highest BCUT2D eigenvalue weighted by Crippen LogP contribution is 2.18. The predicted octanol–water partition coefficient (Wildman–Crippen LogP) is 2.76. The molecule has 4 rings (SSSR count). The first-order valence-electron chi connectivity index (χ1n) is 10.6. The smallest absolute Gasteiger partial charge is 0.273 e. The molecule has 32 heavy (non-hydrogen) atoms. The molecule has 8 nitrogen and oxygen atoms in total. The first kappa shape index (κ1) is 22.0. The van der Waals surface area contributed by atoms with Crippen molar-refractivity contribution < 1.29 is 14.0 Å². The van der Waals surface area contributed by atoms with Crippen molar-refractivity contribution in [1.29, 1.82) is 0 Å². The van der Waals surface area contributed by atoms with Crippen LogP contribution >= 0.6 is 11.3 Å². The normalized spacial score (nSPS) is 14.3. The molecule has 2 amide bonds. The van der Waals surface area contributed by atoms with Gasteiger partial charge in [0, 0.05) is 45.2 Å². The van der Waals surface area contributed by atoms with Gasteiger partial charge in [-0.25, -0.2) is 4.98 Å². The van der Waals surface area contributed by atoms with Gasteiger partial charge < -0.3 is 19.5 Å². The molecule has 1 saturated heterocycles. The molecule has 0 radical (unpaired) electrons. The van der Waals surface area contributed by atoms with Crippen molar-refractivity contribution in [3.63, 3.8) is 0 Å². The summed E-state index contributed by atoms with van der Waals surface area (Å²) in [5.74, 6) is 0.738. The molecular weight excluding hydrogens is 426 g/mol. The van der Waals surface area contributed by atoms with Gasteiger partial charge in [-0.15, -0.1) is 11.3 Å². The van der Waals surface area contributed by atoms with Crippen molar-refractivity contribution in [3.05, 3.63) is 71.1 Å². The number of hydrogen-bond acceptors (Lipinski definition) is 7. The lowest BCUT2D eigenvalue weighted by molar-refractivity contribution is -0.132. The molecule has 1 aromatic carbocycles. The average Bonchev–Trinajstić information content (AvgIpc) is 3.51. The van der Waals surface area contributed by atoms with E-state index in [1.807, 2.05) is 47.4 Å². The third-order valence-electron chi connectivity index (χ3n) is 5.43. The highest BCUT2D eigenvalue weighted by molar-refractivity contribution is 7.13. The molecule has 0 bridgehead atoms. The standard InChI is InChI=1S/C23H27N5O3S/c1-26(15-19-8-5-13-31-19)21(29)16-27-9-11-28(12-10-27)22(30)20-17-32-23(25-20)24-14-18-6-3-2-4-7-18/h2-8,13,17H,9-12,14-16H2,1H3,(H,24,25). The van der Waals surface area contributed by atoms with Gasteiger partial charge in [-0.05, 0) is 17.7 Å². The minimum absolute atomic E-state index is 0.0369. The Kier molecular flexibility index (Phi) is 7.18. The van der Waals surface area contributed by atoms with E-state index in [9.17, 15) is 9.59 Å². The highest BCUT2D eigenvalue weighted by Gasteiger charge is 2.25. The second-order valence-corrected chi connectivity index (χ2v) is 8.63. The molecule has 1 aliphatic rings. The monoisotopic (exact) mass is 453 g/mol. The third-order valence-corrected chi connectivity index (χ3v) is 6.23. The quantitative estimate of drug-likeness (QED) is 0.565. The summed E-state index contributed by atoms with van der Waals surface area (Å²) in [4.78, 5) is 35.3. The summed E-state index contributed by atoms with van der Waals surface area (Å²) in [6.45, 7) is 3.95. The van der Waals surface area contributed by atoms with Gasteiger partial charge in [0.05, 0.1) is 19.4 Å². The number of thiazole rings is 1. The Morgan fingerprint density at radius 1 is 1.12 bits per heavy atom. The van der Waals surface area contributed by atoms with E-state index in [0.29, 0.717) is 51.5 Å². The van der Waals surface area contributed by atoms with Crippen LogP contribution in [0.3, 0.4) is 0 Å². The summed E-state index contributed by atoms with van der Waals surface area (Å²) in [5, 5.41) is 5.81. The van der Waals surface area contributed by atoms with Crippen LogP contribution in [-0.2, 0) is 17.9 Å². The van der Waals surface area contributed by atoms with Crippen molar-refractivity contribution in [2.45, 2.75) is 13.1 Å². The fraction of sp³-hybridized carbons (Fsp3) is 0.348. The van der Waals surface area contributed by atoms with Gasteiger partial charge >= 0.3 is 0 Å². The largest absolute Gasteiger partial charge is 0.467 e. The molecule has 2 aromatic heterocycles. The Morgan fingerprint density at radius 2 is 1.91 bits per heavy atom. The predicted molar refractivity (Wildman–Crippen MR) is 123 cm³/mol. The van der Waals surface area contributed by atoms with Gasteiger partial charge in [0.1, 0.15) is 11.5 Å². The fourth-order valence-corrected chi connectivity index (χ4v) is 4.22.